The lowest BCUT2D eigenvalue weighted by atomic mass is 10.1. The largest absolute Gasteiger partial charge is 0.508 e. The Bertz CT molecular complexity index is 496. The zero-order valence-electron chi connectivity index (χ0n) is 11.9. The van der Waals surface area contributed by atoms with Gasteiger partial charge in [0.1, 0.15) is 5.75 Å². The van der Waals surface area contributed by atoms with Crippen molar-refractivity contribution in [1.29, 1.82) is 0 Å². The molecule has 0 spiro atoms. The van der Waals surface area contributed by atoms with Crippen LogP contribution in [0.1, 0.15) is 24.6 Å². The van der Waals surface area contributed by atoms with Crippen molar-refractivity contribution in [2.75, 3.05) is 6.54 Å². The number of aromatic nitrogens is 1. The zero-order valence-corrected chi connectivity index (χ0v) is 11.9. The summed E-state index contributed by atoms with van der Waals surface area (Å²) in [4.78, 5) is 4.31. The first-order valence-corrected chi connectivity index (χ1v) is 7.15. The SMILES string of the molecule is CC(CCc1ccc(O)cc1)NCCc1ccccn1. The van der Waals surface area contributed by atoms with Crippen molar-refractivity contribution >= 4 is 0 Å². The first-order valence-electron chi connectivity index (χ1n) is 7.15. The van der Waals surface area contributed by atoms with Gasteiger partial charge in [-0.15, -0.1) is 0 Å². The van der Waals surface area contributed by atoms with Crippen molar-refractivity contribution in [3.05, 3.63) is 59.9 Å². The smallest absolute Gasteiger partial charge is 0.115 e. The second kappa shape index (κ2) is 7.65. The first-order chi connectivity index (χ1) is 9.74. The molecule has 106 valence electrons. The molecule has 1 unspecified atom stereocenters. The standard InChI is InChI=1S/C17H22N2O/c1-14(5-6-15-7-9-17(20)10-8-15)18-13-11-16-4-2-3-12-19-16/h2-4,7-10,12,14,18,20H,5-6,11,13H2,1H3. The monoisotopic (exact) mass is 270 g/mol. The Morgan fingerprint density at radius 1 is 1.10 bits per heavy atom. The lowest BCUT2D eigenvalue weighted by Gasteiger charge is -2.13. The number of nitrogens with one attached hydrogen (secondary N) is 1. The lowest BCUT2D eigenvalue weighted by Crippen LogP contribution is -2.28. The maximum atomic E-state index is 9.24. The highest BCUT2D eigenvalue weighted by Crippen LogP contribution is 2.11. The summed E-state index contributed by atoms with van der Waals surface area (Å²) < 4.78 is 0. The molecule has 0 fully saturated rings. The van der Waals surface area contributed by atoms with Gasteiger partial charge in [-0.25, -0.2) is 0 Å². The fraction of sp³-hybridized carbons (Fsp3) is 0.353. The van der Waals surface area contributed by atoms with Crippen molar-refractivity contribution in [2.24, 2.45) is 0 Å². The van der Waals surface area contributed by atoms with E-state index in [-0.39, 0.29) is 0 Å². The number of aromatic hydroxyl groups is 1. The maximum absolute atomic E-state index is 9.24. The Morgan fingerprint density at radius 2 is 1.90 bits per heavy atom. The fourth-order valence-electron chi connectivity index (χ4n) is 2.14. The van der Waals surface area contributed by atoms with Crippen LogP contribution in [0.4, 0.5) is 0 Å². The van der Waals surface area contributed by atoms with Crippen molar-refractivity contribution in [1.82, 2.24) is 10.3 Å². The predicted octanol–water partition coefficient (Wildman–Crippen LogP) is 2.94. The normalized spacial score (nSPS) is 12.2. The molecule has 20 heavy (non-hydrogen) atoms. The van der Waals surface area contributed by atoms with E-state index in [0.717, 1.165) is 31.5 Å². The minimum Gasteiger partial charge on any atom is -0.508 e. The molecule has 3 heteroatoms. The zero-order chi connectivity index (χ0) is 14.2. The molecule has 0 saturated heterocycles. The molecule has 1 heterocycles. The van der Waals surface area contributed by atoms with Crippen LogP contribution >= 0.6 is 0 Å². The minimum atomic E-state index is 0.329. The van der Waals surface area contributed by atoms with Gasteiger partial charge in [-0.1, -0.05) is 18.2 Å². The number of phenols is 1. The van der Waals surface area contributed by atoms with E-state index in [1.807, 2.05) is 30.5 Å². The molecule has 1 atom stereocenters. The molecule has 0 aliphatic rings. The number of rotatable bonds is 7. The Kier molecular flexibility index (Phi) is 5.56. The summed E-state index contributed by atoms with van der Waals surface area (Å²) in [5.74, 6) is 0.329. The van der Waals surface area contributed by atoms with Crippen LogP contribution in [-0.4, -0.2) is 22.7 Å². The van der Waals surface area contributed by atoms with Crippen molar-refractivity contribution in [3.63, 3.8) is 0 Å². The highest BCUT2D eigenvalue weighted by Gasteiger charge is 2.02. The quantitative estimate of drug-likeness (QED) is 0.813. The topological polar surface area (TPSA) is 45.1 Å². The summed E-state index contributed by atoms with van der Waals surface area (Å²) in [6, 6.07) is 14.0. The number of phenolic OH excluding ortho intramolecular Hbond substituents is 1. The summed E-state index contributed by atoms with van der Waals surface area (Å²) in [5, 5.41) is 12.8. The summed E-state index contributed by atoms with van der Waals surface area (Å²) in [7, 11) is 0. The second-order valence-corrected chi connectivity index (χ2v) is 5.13. The number of hydrogen-bond acceptors (Lipinski definition) is 3. The van der Waals surface area contributed by atoms with Crippen molar-refractivity contribution in [3.8, 4) is 5.75 Å². The Balaban J connectivity index is 1.65. The Hall–Kier alpha value is -1.87. The van der Waals surface area contributed by atoms with Crippen LogP contribution in [0.25, 0.3) is 0 Å². The Morgan fingerprint density at radius 3 is 2.60 bits per heavy atom. The van der Waals surface area contributed by atoms with E-state index in [1.54, 1.807) is 12.1 Å². The van der Waals surface area contributed by atoms with Gasteiger partial charge in [0.15, 0.2) is 0 Å². The molecule has 0 amide bonds. The van der Waals surface area contributed by atoms with Crippen molar-refractivity contribution < 1.29 is 5.11 Å². The van der Waals surface area contributed by atoms with E-state index < -0.39 is 0 Å². The first kappa shape index (κ1) is 14.5. The molecule has 1 aromatic carbocycles. The average molecular weight is 270 g/mol. The molecular formula is C17H22N2O. The number of aryl methyl sites for hydroxylation is 1. The predicted molar refractivity (Wildman–Crippen MR) is 81.8 cm³/mol. The van der Waals surface area contributed by atoms with Gasteiger partial charge in [-0.3, -0.25) is 4.98 Å². The van der Waals surface area contributed by atoms with Gasteiger partial charge in [-0.2, -0.15) is 0 Å². The molecule has 3 nitrogen and oxygen atoms in total. The molecule has 0 radical (unpaired) electrons. The number of pyridine rings is 1. The van der Waals surface area contributed by atoms with Crippen LogP contribution in [0.15, 0.2) is 48.7 Å². The lowest BCUT2D eigenvalue weighted by molar-refractivity contribution is 0.474. The molecular weight excluding hydrogens is 248 g/mol. The highest BCUT2D eigenvalue weighted by atomic mass is 16.3. The number of benzene rings is 1. The van der Waals surface area contributed by atoms with E-state index in [4.69, 9.17) is 0 Å². The summed E-state index contributed by atoms with van der Waals surface area (Å²) >= 11 is 0. The van der Waals surface area contributed by atoms with Gasteiger partial charge < -0.3 is 10.4 Å². The van der Waals surface area contributed by atoms with Crippen LogP contribution in [0.3, 0.4) is 0 Å². The average Bonchev–Trinajstić information content (AvgIpc) is 2.48. The molecule has 2 rings (SSSR count). The van der Waals surface area contributed by atoms with E-state index in [1.165, 1.54) is 5.56 Å². The molecule has 0 saturated carbocycles. The molecule has 2 aromatic rings. The third-order valence-electron chi connectivity index (χ3n) is 3.40. The van der Waals surface area contributed by atoms with Crippen LogP contribution in [0.2, 0.25) is 0 Å². The molecule has 0 aliphatic heterocycles. The fourth-order valence-corrected chi connectivity index (χ4v) is 2.14. The molecule has 0 aliphatic carbocycles. The number of hydrogen-bond donors (Lipinski definition) is 2. The second-order valence-electron chi connectivity index (χ2n) is 5.13. The van der Waals surface area contributed by atoms with Gasteiger partial charge in [0.25, 0.3) is 0 Å². The number of nitrogens with zero attached hydrogens (tertiary/aromatic N) is 1. The van der Waals surface area contributed by atoms with Crippen LogP contribution < -0.4 is 5.32 Å². The van der Waals surface area contributed by atoms with Gasteiger partial charge in [0, 0.05) is 30.9 Å². The van der Waals surface area contributed by atoms with Gasteiger partial charge >= 0.3 is 0 Å². The van der Waals surface area contributed by atoms with Crippen LogP contribution in [0, 0.1) is 0 Å². The van der Waals surface area contributed by atoms with Gasteiger partial charge in [-0.05, 0) is 49.6 Å². The van der Waals surface area contributed by atoms with E-state index in [9.17, 15) is 5.11 Å². The molecule has 2 N–H and O–H groups in total. The maximum Gasteiger partial charge on any atom is 0.115 e. The van der Waals surface area contributed by atoms with E-state index in [0.29, 0.717) is 11.8 Å². The van der Waals surface area contributed by atoms with E-state index >= 15 is 0 Å². The van der Waals surface area contributed by atoms with Gasteiger partial charge in [0.2, 0.25) is 0 Å². The minimum absolute atomic E-state index is 0.329. The summed E-state index contributed by atoms with van der Waals surface area (Å²) in [5.41, 5.74) is 2.40. The van der Waals surface area contributed by atoms with Gasteiger partial charge in [0.05, 0.1) is 0 Å². The molecule has 0 bridgehead atoms. The molecule has 1 aromatic heterocycles. The van der Waals surface area contributed by atoms with Crippen molar-refractivity contribution in [2.45, 2.75) is 32.2 Å². The van der Waals surface area contributed by atoms with E-state index in [2.05, 4.69) is 23.3 Å². The highest BCUT2D eigenvalue weighted by molar-refractivity contribution is 5.25. The summed E-state index contributed by atoms with van der Waals surface area (Å²) in [6.45, 7) is 3.16. The third kappa shape index (κ3) is 5.02. The Labute approximate surface area is 120 Å². The van der Waals surface area contributed by atoms with Crippen LogP contribution in [-0.2, 0) is 12.8 Å². The third-order valence-corrected chi connectivity index (χ3v) is 3.40. The summed E-state index contributed by atoms with van der Waals surface area (Å²) in [6.07, 6.45) is 4.92. The van der Waals surface area contributed by atoms with Crippen LogP contribution in [0.5, 0.6) is 5.75 Å².